The number of fused-ring (bicyclic) bond motifs is 1. The number of nitrogens with zero attached hydrogens (tertiary/aromatic N) is 2. The predicted molar refractivity (Wildman–Crippen MR) is 123 cm³/mol. The van der Waals surface area contributed by atoms with E-state index >= 15 is 0 Å². The Labute approximate surface area is 193 Å². The molecule has 8 heteroatoms. The van der Waals surface area contributed by atoms with Crippen molar-refractivity contribution >= 4 is 34.5 Å². The topological polar surface area (TPSA) is 90.1 Å². The number of esters is 1. The first-order valence-corrected chi connectivity index (χ1v) is 10.8. The Morgan fingerprint density at radius 1 is 1.09 bits per heavy atom. The molecule has 7 nitrogen and oxygen atoms in total. The molecule has 2 aliphatic rings. The van der Waals surface area contributed by atoms with Crippen molar-refractivity contribution in [3.63, 3.8) is 0 Å². The number of carbonyl (C=O) groups excluding carboxylic acids is 1. The number of thiophene rings is 1. The lowest BCUT2D eigenvalue weighted by Crippen LogP contribution is -2.08. The molecule has 0 spiro atoms. The van der Waals surface area contributed by atoms with E-state index in [0.717, 1.165) is 10.4 Å². The van der Waals surface area contributed by atoms with E-state index in [2.05, 4.69) is 4.99 Å². The van der Waals surface area contributed by atoms with Gasteiger partial charge >= 0.3 is 5.97 Å². The van der Waals surface area contributed by atoms with Crippen molar-refractivity contribution in [3.8, 4) is 23.3 Å². The first kappa shape index (κ1) is 20.5. The van der Waals surface area contributed by atoms with Gasteiger partial charge in [0, 0.05) is 16.7 Å². The molecule has 0 amide bonds. The maximum absolute atomic E-state index is 12.8. The summed E-state index contributed by atoms with van der Waals surface area (Å²) in [5.74, 6) is 1.78. The van der Waals surface area contributed by atoms with Crippen LogP contribution in [0.25, 0.3) is 11.3 Å². The average Bonchev–Trinajstić information content (AvgIpc) is 3.52. The summed E-state index contributed by atoms with van der Waals surface area (Å²) in [7, 11) is 1.52. The number of methoxy groups -OCH3 is 1. The van der Waals surface area contributed by atoms with Gasteiger partial charge in [-0.25, -0.2) is 9.79 Å². The van der Waals surface area contributed by atoms with Gasteiger partial charge in [-0.3, -0.25) is 0 Å². The maximum atomic E-state index is 12.8. The molecule has 0 unspecified atom stereocenters. The average molecular weight is 456 g/mol. The third kappa shape index (κ3) is 3.86. The predicted octanol–water partition coefficient (Wildman–Crippen LogP) is 4.81. The van der Waals surface area contributed by atoms with Gasteiger partial charge in [0.15, 0.2) is 23.8 Å². The third-order valence-corrected chi connectivity index (χ3v) is 5.85. The summed E-state index contributed by atoms with van der Waals surface area (Å²) >= 11 is 1.45. The number of para-hydroxylation sites is 1. The minimum absolute atomic E-state index is 0.0920. The number of benzene rings is 2. The SMILES string of the molecule is COc1cc(C2=CC(=C3N=C(c4cccs4)OC3=O)c3ccccc3O2)ccc1OCC#N. The van der Waals surface area contributed by atoms with Gasteiger partial charge in [0.25, 0.3) is 0 Å². The van der Waals surface area contributed by atoms with E-state index in [0.29, 0.717) is 34.1 Å². The third-order valence-electron chi connectivity index (χ3n) is 5.00. The number of rotatable bonds is 5. The normalized spacial score (nSPS) is 16.7. The van der Waals surface area contributed by atoms with Gasteiger partial charge in [0.1, 0.15) is 17.6 Å². The van der Waals surface area contributed by atoms with Crippen LogP contribution in [0.15, 0.2) is 76.7 Å². The minimum Gasteiger partial charge on any atom is -0.493 e. The van der Waals surface area contributed by atoms with E-state index in [1.165, 1.54) is 18.4 Å². The summed E-state index contributed by atoms with van der Waals surface area (Å²) in [6, 6.07) is 18.3. The van der Waals surface area contributed by atoms with Crippen LogP contribution in [0.1, 0.15) is 16.0 Å². The maximum Gasteiger partial charge on any atom is 0.364 e. The highest BCUT2D eigenvalue weighted by molar-refractivity contribution is 7.12. The van der Waals surface area contributed by atoms with Gasteiger partial charge < -0.3 is 18.9 Å². The van der Waals surface area contributed by atoms with Gasteiger partial charge in [-0.2, -0.15) is 5.26 Å². The Kier molecular flexibility index (Phi) is 5.39. The molecule has 0 bridgehead atoms. The molecule has 2 aromatic carbocycles. The van der Waals surface area contributed by atoms with E-state index in [-0.39, 0.29) is 18.2 Å². The van der Waals surface area contributed by atoms with Gasteiger partial charge in [0.2, 0.25) is 5.90 Å². The van der Waals surface area contributed by atoms with E-state index in [9.17, 15) is 4.79 Å². The molecule has 162 valence electrons. The Bertz CT molecular complexity index is 1380. The molecule has 33 heavy (non-hydrogen) atoms. The highest BCUT2D eigenvalue weighted by Crippen LogP contribution is 2.41. The van der Waals surface area contributed by atoms with E-state index in [1.54, 1.807) is 24.3 Å². The highest BCUT2D eigenvalue weighted by atomic mass is 32.1. The molecule has 3 aromatic rings. The summed E-state index contributed by atoms with van der Waals surface area (Å²) < 4.78 is 22.4. The summed E-state index contributed by atoms with van der Waals surface area (Å²) in [5, 5.41) is 10.7. The van der Waals surface area contributed by atoms with Crippen molar-refractivity contribution in [3.05, 3.63) is 87.8 Å². The fraction of sp³-hybridized carbons (Fsp3) is 0.0800. The molecular formula is C25H16N2O5S. The molecule has 0 aliphatic carbocycles. The van der Waals surface area contributed by atoms with Crippen molar-refractivity contribution in [2.24, 2.45) is 4.99 Å². The van der Waals surface area contributed by atoms with E-state index in [1.807, 2.05) is 47.8 Å². The Balaban J connectivity index is 1.62. The lowest BCUT2D eigenvalue weighted by molar-refractivity contribution is -0.129. The van der Waals surface area contributed by atoms with Gasteiger partial charge in [0.05, 0.1) is 12.0 Å². The molecule has 2 aliphatic heterocycles. The van der Waals surface area contributed by atoms with Gasteiger partial charge in [-0.05, 0) is 41.8 Å². The lowest BCUT2D eigenvalue weighted by Gasteiger charge is -2.21. The molecule has 0 saturated heterocycles. The zero-order valence-electron chi connectivity index (χ0n) is 17.4. The number of nitriles is 1. The lowest BCUT2D eigenvalue weighted by atomic mass is 9.97. The number of aliphatic imine (C=N–C) groups is 1. The van der Waals surface area contributed by atoms with Crippen molar-refractivity contribution in [2.75, 3.05) is 13.7 Å². The molecule has 0 saturated carbocycles. The number of hydrogen-bond donors (Lipinski definition) is 0. The second-order valence-electron chi connectivity index (χ2n) is 6.97. The van der Waals surface area contributed by atoms with Crippen molar-refractivity contribution in [1.29, 1.82) is 5.26 Å². The van der Waals surface area contributed by atoms with Crippen molar-refractivity contribution in [1.82, 2.24) is 0 Å². The zero-order chi connectivity index (χ0) is 22.8. The molecule has 0 fully saturated rings. The standard InChI is InChI=1S/C25H16N2O5S/c1-29-21-13-15(8-9-19(21)30-11-10-26)20-14-17(16-5-2-3-6-18(16)31-20)23-25(28)32-24(27-23)22-7-4-12-33-22/h2-9,12-14H,11H2,1H3. The quantitative estimate of drug-likeness (QED) is 0.404. The van der Waals surface area contributed by atoms with Gasteiger partial charge in [-0.15, -0.1) is 11.3 Å². The molecule has 0 atom stereocenters. The molecule has 1 aromatic heterocycles. The number of cyclic esters (lactones) is 1. The molecule has 0 N–H and O–H groups in total. The fourth-order valence-electron chi connectivity index (χ4n) is 3.51. The van der Waals surface area contributed by atoms with Crippen LogP contribution in [-0.4, -0.2) is 25.6 Å². The van der Waals surface area contributed by atoms with E-state index < -0.39 is 5.97 Å². The van der Waals surface area contributed by atoms with Gasteiger partial charge in [-0.1, -0.05) is 24.3 Å². The molecular weight excluding hydrogens is 440 g/mol. The second kappa shape index (κ2) is 8.65. The largest absolute Gasteiger partial charge is 0.493 e. The number of hydrogen-bond acceptors (Lipinski definition) is 8. The van der Waals surface area contributed by atoms with Crippen LogP contribution in [0, 0.1) is 11.3 Å². The summed E-state index contributed by atoms with van der Waals surface area (Å²) in [6.45, 7) is -0.0920. The second-order valence-corrected chi connectivity index (χ2v) is 7.91. The highest BCUT2D eigenvalue weighted by Gasteiger charge is 2.31. The van der Waals surface area contributed by atoms with Crippen LogP contribution in [0.3, 0.4) is 0 Å². The Hall–Kier alpha value is -4.35. The Morgan fingerprint density at radius 3 is 2.76 bits per heavy atom. The van der Waals surface area contributed by atoms with Crippen molar-refractivity contribution in [2.45, 2.75) is 0 Å². The first-order valence-electron chi connectivity index (χ1n) is 9.94. The Morgan fingerprint density at radius 2 is 1.97 bits per heavy atom. The van der Waals surface area contributed by atoms with Crippen LogP contribution in [0.4, 0.5) is 0 Å². The fourth-order valence-corrected chi connectivity index (χ4v) is 4.15. The van der Waals surface area contributed by atoms with Crippen LogP contribution in [-0.2, 0) is 9.53 Å². The van der Waals surface area contributed by atoms with Crippen LogP contribution >= 0.6 is 11.3 Å². The zero-order valence-corrected chi connectivity index (χ0v) is 18.2. The van der Waals surface area contributed by atoms with E-state index in [4.69, 9.17) is 24.2 Å². The van der Waals surface area contributed by atoms with Crippen LogP contribution < -0.4 is 14.2 Å². The number of ether oxygens (including phenoxy) is 4. The minimum atomic E-state index is -0.515. The summed E-state index contributed by atoms with van der Waals surface area (Å²) in [4.78, 5) is 18.0. The molecule has 3 heterocycles. The summed E-state index contributed by atoms with van der Waals surface area (Å²) in [5.41, 5.74) is 2.27. The molecule has 0 radical (unpaired) electrons. The van der Waals surface area contributed by atoms with Crippen molar-refractivity contribution < 1.29 is 23.7 Å². The number of carbonyl (C=O) groups is 1. The summed E-state index contributed by atoms with van der Waals surface area (Å²) in [6.07, 6.45) is 1.77. The number of allylic oxidation sites excluding steroid dienone is 2. The van der Waals surface area contributed by atoms with Crippen LogP contribution in [0.2, 0.25) is 0 Å². The first-order chi connectivity index (χ1) is 16.2. The monoisotopic (exact) mass is 456 g/mol. The van der Waals surface area contributed by atoms with Crippen LogP contribution in [0.5, 0.6) is 17.2 Å². The molecule has 5 rings (SSSR count). The smallest absolute Gasteiger partial charge is 0.364 e.